The van der Waals surface area contributed by atoms with Crippen molar-refractivity contribution < 1.29 is 0 Å². The summed E-state index contributed by atoms with van der Waals surface area (Å²) in [7, 11) is 0. The zero-order chi connectivity index (χ0) is 8.10. The lowest BCUT2D eigenvalue weighted by molar-refractivity contribution is 0.542. The quantitative estimate of drug-likeness (QED) is 0.463. The van der Waals surface area contributed by atoms with Gasteiger partial charge in [-0.3, -0.25) is 0 Å². The Morgan fingerprint density at radius 1 is 0.818 bits per heavy atom. The Balaban J connectivity index is 2.40. The second-order valence-electron chi connectivity index (χ2n) is 3.98. The number of hydrogen-bond donors (Lipinski definition) is 0. The van der Waals surface area contributed by atoms with E-state index in [4.69, 9.17) is 0 Å². The van der Waals surface area contributed by atoms with Crippen molar-refractivity contribution in [2.75, 3.05) is 0 Å². The zero-order valence-corrected chi connectivity index (χ0v) is 7.84. The van der Waals surface area contributed by atoms with Crippen molar-refractivity contribution in [3.05, 3.63) is 12.2 Å². The van der Waals surface area contributed by atoms with Gasteiger partial charge in [0.25, 0.3) is 0 Å². The zero-order valence-electron chi connectivity index (χ0n) is 7.84. The fourth-order valence-corrected chi connectivity index (χ4v) is 1.68. The third-order valence-electron chi connectivity index (χ3n) is 2.59. The van der Waals surface area contributed by atoms with Gasteiger partial charge in [-0.05, 0) is 24.7 Å². The molecule has 0 fully saturated rings. The molecule has 0 heteroatoms. The maximum absolute atomic E-state index is 2.40. The SMILES string of the molecule is CC1C=CC(C)CCCCC1. The van der Waals surface area contributed by atoms with Crippen molar-refractivity contribution in [3.8, 4) is 0 Å². The number of hydrogen-bond acceptors (Lipinski definition) is 0. The Kier molecular flexibility index (Phi) is 3.68. The molecule has 0 bridgehead atoms. The summed E-state index contributed by atoms with van der Waals surface area (Å²) in [6, 6.07) is 0. The summed E-state index contributed by atoms with van der Waals surface area (Å²) < 4.78 is 0. The molecule has 0 aromatic carbocycles. The Hall–Kier alpha value is -0.260. The molecule has 2 unspecified atom stereocenters. The van der Waals surface area contributed by atoms with Crippen LogP contribution in [0.1, 0.15) is 46.0 Å². The monoisotopic (exact) mass is 152 g/mol. The second-order valence-corrected chi connectivity index (χ2v) is 3.98. The van der Waals surface area contributed by atoms with Gasteiger partial charge in [-0.25, -0.2) is 0 Å². The van der Waals surface area contributed by atoms with Crippen LogP contribution in [0.15, 0.2) is 12.2 Å². The molecule has 1 aliphatic carbocycles. The molecule has 1 rings (SSSR count). The maximum atomic E-state index is 2.40. The highest BCUT2D eigenvalue weighted by Gasteiger charge is 2.03. The van der Waals surface area contributed by atoms with Gasteiger partial charge in [0.15, 0.2) is 0 Å². The van der Waals surface area contributed by atoms with Crippen LogP contribution in [0.4, 0.5) is 0 Å². The van der Waals surface area contributed by atoms with Crippen LogP contribution in [0.3, 0.4) is 0 Å². The van der Waals surface area contributed by atoms with Gasteiger partial charge < -0.3 is 0 Å². The minimum Gasteiger partial charge on any atom is -0.0854 e. The Bertz CT molecular complexity index is 110. The predicted molar refractivity (Wildman–Crippen MR) is 50.6 cm³/mol. The smallest absolute Gasteiger partial charge is 0.0262 e. The van der Waals surface area contributed by atoms with Gasteiger partial charge >= 0.3 is 0 Å². The van der Waals surface area contributed by atoms with E-state index in [-0.39, 0.29) is 0 Å². The molecular formula is C11H20. The molecule has 0 N–H and O–H groups in total. The molecule has 0 aromatic heterocycles. The maximum Gasteiger partial charge on any atom is -0.0262 e. The van der Waals surface area contributed by atoms with E-state index in [1.807, 2.05) is 0 Å². The highest BCUT2D eigenvalue weighted by atomic mass is 14.1. The Labute approximate surface area is 70.7 Å². The third kappa shape index (κ3) is 3.60. The van der Waals surface area contributed by atoms with Crippen LogP contribution in [-0.2, 0) is 0 Å². The molecule has 2 atom stereocenters. The second kappa shape index (κ2) is 4.58. The van der Waals surface area contributed by atoms with Crippen molar-refractivity contribution in [1.82, 2.24) is 0 Å². The van der Waals surface area contributed by atoms with E-state index in [1.165, 1.54) is 32.1 Å². The highest BCUT2D eigenvalue weighted by molar-refractivity contribution is 4.90. The first-order chi connectivity index (χ1) is 5.29. The molecular weight excluding hydrogens is 132 g/mol. The van der Waals surface area contributed by atoms with Gasteiger partial charge in [-0.2, -0.15) is 0 Å². The number of allylic oxidation sites excluding steroid dienone is 2. The lowest BCUT2D eigenvalue weighted by Crippen LogP contribution is -1.89. The van der Waals surface area contributed by atoms with Crippen LogP contribution in [0.5, 0.6) is 0 Å². The molecule has 0 heterocycles. The van der Waals surface area contributed by atoms with Crippen LogP contribution in [0, 0.1) is 11.8 Å². The molecule has 0 spiro atoms. The van der Waals surface area contributed by atoms with E-state index in [9.17, 15) is 0 Å². The summed E-state index contributed by atoms with van der Waals surface area (Å²) in [4.78, 5) is 0. The van der Waals surface area contributed by atoms with Crippen LogP contribution in [0.25, 0.3) is 0 Å². The first-order valence-electron chi connectivity index (χ1n) is 4.97. The summed E-state index contributed by atoms with van der Waals surface area (Å²) in [6.45, 7) is 4.66. The molecule has 0 nitrogen and oxygen atoms in total. The third-order valence-corrected chi connectivity index (χ3v) is 2.59. The molecule has 0 aliphatic heterocycles. The van der Waals surface area contributed by atoms with E-state index < -0.39 is 0 Å². The van der Waals surface area contributed by atoms with Gasteiger partial charge in [0, 0.05) is 0 Å². The average molecular weight is 152 g/mol. The van der Waals surface area contributed by atoms with E-state index >= 15 is 0 Å². The summed E-state index contributed by atoms with van der Waals surface area (Å²) in [6.07, 6.45) is 11.9. The first-order valence-corrected chi connectivity index (χ1v) is 4.97. The molecule has 64 valence electrons. The number of rotatable bonds is 0. The van der Waals surface area contributed by atoms with E-state index in [1.54, 1.807) is 0 Å². The van der Waals surface area contributed by atoms with Crippen molar-refractivity contribution >= 4 is 0 Å². The van der Waals surface area contributed by atoms with Gasteiger partial charge in [-0.1, -0.05) is 45.3 Å². The molecule has 0 saturated carbocycles. The molecule has 0 saturated heterocycles. The summed E-state index contributed by atoms with van der Waals surface area (Å²) in [5.74, 6) is 1.63. The normalized spacial score (nSPS) is 34.0. The minimum absolute atomic E-state index is 0.815. The van der Waals surface area contributed by atoms with Gasteiger partial charge in [0.1, 0.15) is 0 Å². The topological polar surface area (TPSA) is 0 Å². The van der Waals surface area contributed by atoms with Crippen LogP contribution < -0.4 is 0 Å². The first kappa shape index (κ1) is 8.83. The molecule has 0 radical (unpaired) electrons. The van der Waals surface area contributed by atoms with E-state index in [0.29, 0.717) is 0 Å². The largest absolute Gasteiger partial charge is 0.0854 e. The standard InChI is InChI=1S/C11H20/c1-10-6-4-3-5-7-11(2)9-8-10/h8-11H,3-7H2,1-2H3. The van der Waals surface area contributed by atoms with Crippen molar-refractivity contribution in [3.63, 3.8) is 0 Å². The van der Waals surface area contributed by atoms with Crippen LogP contribution in [-0.4, -0.2) is 0 Å². The molecule has 0 aromatic rings. The Morgan fingerprint density at radius 3 is 1.73 bits per heavy atom. The minimum atomic E-state index is 0.815. The van der Waals surface area contributed by atoms with Crippen LogP contribution in [0.2, 0.25) is 0 Å². The molecule has 11 heavy (non-hydrogen) atoms. The summed E-state index contributed by atoms with van der Waals surface area (Å²) in [5.41, 5.74) is 0. The highest BCUT2D eigenvalue weighted by Crippen LogP contribution is 2.18. The Morgan fingerprint density at radius 2 is 1.27 bits per heavy atom. The summed E-state index contributed by atoms with van der Waals surface area (Å²) >= 11 is 0. The lowest BCUT2D eigenvalue weighted by Gasteiger charge is -2.02. The molecule has 0 amide bonds. The van der Waals surface area contributed by atoms with Crippen molar-refractivity contribution in [2.24, 2.45) is 11.8 Å². The van der Waals surface area contributed by atoms with Gasteiger partial charge in [-0.15, -0.1) is 0 Å². The fourth-order valence-electron chi connectivity index (χ4n) is 1.68. The summed E-state index contributed by atoms with van der Waals surface area (Å²) in [5, 5.41) is 0. The average Bonchev–Trinajstić information content (AvgIpc) is 2.06. The molecule has 1 aliphatic rings. The van der Waals surface area contributed by atoms with Crippen molar-refractivity contribution in [2.45, 2.75) is 46.0 Å². The fraction of sp³-hybridized carbons (Fsp3) is 0.818. The van der Waals surface area contributed by atoms with Crippen LogP contribution >= 0.6 is 0 Å². The van der Waals surface area contributed by atoms with E-state index in [2.05, 4.69) is 26.0 Å². The van der Waals surface area contributed by atoms with Crippen molar-refractivity contribution in [1.29, 1.82) is 0 Å². The lowest BCUT2D eigenvalue weighted by atomic mass is 10.0. The van der Waals surface area contributed by atoms with E-state index in [0.717, 1.165) is 11.8 Å². The van der Waals surface area contributed by atoms with Gasteiger partial charge in [0.05, 0.1) is 0 Å². The van der Waals surface area contributed by atoms with Gasteiger partial charge in [0.2, 0.25) is 0 Å². The predicted octanol–water partition coefficient (Wildman–Crippen LogP) is 3.78.